The summed E-state index contributed by atoms with van der Waals surface area (Å²) < 4.78 is 0.986. The van der Waals surface area contributed by atoms with Gasteiger partial charge in [0.15, 0.2) is 0 Å². The number of hydrogen-bond donors (Lipinski definition) is 2. The molecule has 2 aromatic carbocycles. The first-order valence-electron chi connectivity index (χ1n) is 8.88. The number of likely N-dealkylation sites (N-methyl/N-ethyl adjacent to an activating group) is 1. The minimum absolute atomic E-state index is 0.0471. The lowest BCUT2D eigenvalue weighted by Gasteiger charge is -2.17. The molecule has 4 aromatic rings. The molecule has 4 rings (SSSR count). The third-order valence-corrected chi connectivity index (χ3v) is 4.65. The maximum absolute atomic E-state index is 12.6. The van der Waals surface area contributed by atoms with Gasteiger partial charge in [-0.05, 0) is 24.3 Å². The van der Waals surface area contributed by atoms with Gasteiger partial charge in [-0.1, -0.05) is 24.3 Å². The number of aromatic nitrogens is 4. The second-order valence-corrected chi connectivity index (χ2v) is 6.66. The van der Waals surface area contributed by atoms with Crippen LogP contribution in [-0.4, -0.2) is 37.6 Å². The Kier molecular flexibility index (Phi) is 4.55. The first kappa shape index (κ1) is 18.4. The maximum atomic E-state index is 12.6. The predicted molar refractivity (Wildman–Crippen MR) is 108 cm³/mol. The fourth-order valence-corrected chi connectivity index (χ4v) is 3.14. The Balaban J connectivity index is 1.59. The van der Waals surface area contributed by atoms with Gasteiger partial charge < -0.3 is 9.88 Å². The molecule has 0 bridgehead atoms. The largest absolute Gasteiger partial charge is 0.337 e. The van der Waals surface area contributed by atoms with E-state index in [0.717, 1.165) is 4.68 Å². The van der Waals surface area contributed by atoms with Gasteiger partial charge in [-0.3, -0.25) is 24.3 Å². The van der Waals surface area contributed by atoms with E-state index in [4.69, 9.17) is 0 Å². The summed E-state index contributed by atoms with van der Waals surface area (Å²) >= 11 is 0. The van der Waals surface area contributed by atoms with Crippen molar-refractivity contribution in [2.45, 2.75) is 13.1 Å². The van der Waals surface area contributed by atoms with E-state index in [-0.39, 0.29) is 29.4 Å². The molecule has 9 nitrogen and oxygen atoms in total. The van der Waals surface area contributed by atoms with E-state index in [1.165, 1.54) is 11.9 Å². The molecule has 0 saturated carbocycles. The summed E-state index contributed by atoms with van der Waals surface area (Å²) in [5, 5.41) is 3.41. The highest BCUT2D eigenvalue weighted by molar-refractivity contribution is 5.81. The minimum atomic E-state index is -0.459. The molecule has 2 aromatic heterocycles. The average molecular weight is 391 g/mol. The molecule has 0 saturated heterocycles. The van der Waals surface area contributed by atoms with Crippen molar-refractivity contribution in [3.63, 3.8) is 0 Å². The summed E-state index contributed by atoms with van der Waals surface area (Å²) in [4.78, 5) is 57.8. The lowest BCUT2D eigenvalue weighted by Crippen LogP contribution is -2.37. The monoisotopic (exact) mass is 391 g/mol. The summed E-state index contributed by atoms with van der Waals surface area (Å²) in [6.45, 7) is -0.293. The van der Waals surface area contributed by atoms with Gasteiger partial charge in [0.25, 0.3) is 16.7 Å². The predicted octanol–water partition coefficient (Wildman–Crippen LogP) is 0.585. The molecule has 0 aliphatic carbocycles. The lowest BCUT2D eigenvalue weighted by molar-refractivity contribution is -0.131. The number of benzene rings is 2. The van der Waals surface area contributed by atoms with Crippen LogP contribution in [0.1, 0.15) is 5.82 Å². The van der Waals surface area contributed by atoms with E-state index in [0.29, 0.717) is 16.7 Å². The molecule has 0 radical (unpaired) electrons. The fraction of sp³-hybridized carbons (Fsp3) is 0.150. The number of fused-ring (bicyclic) bond motifs is 2. The van der Waals surface area contributed by atoms with Crippen molar-refractivity contribution in [1.29, 1.82) is 0 Å². The Hall–Kier alpha value is -4.01. The second kappa shape index (κ2) is 7.19. The molecule has 146 valence electrons. The number of carbonyl (C=O) groups is 1. The highest BCUT2D eigenvalue weighted by Gasteiger charge is 2.15. The van der Waals surface area contributed by atoms with Gasteiger partial charge in [-0.25, -0.2) is 9.67 Å². The van der Waals surface area contributed by atoms with E-state index in [9.17, 15) is 19.2 Å². The summed E-state index contributed by atoms with van der Waals surface area (Å²) in [6, 6.07) is 13.3. The summed E-state index contributed by atoms with van der Waals surface area (Å²) in [6.07, 6.45) is 0. The third-order valence-electron chi connectivity index (χ3n) is 4.65. The van der Waals surface area contributed by atoms with E-state index in [2.05, 4.69) is 15.1 Å². The fourth-order valence-electron chi connectivity index (χ4n) is 3.14. The van der Waals surface area contributed by atoms with E-state index >= 15 is 0 Å². The average Bonchev–Trinajstić information content (AvgIpc) is 2.72. The molecule has 2 N–H and O–H groups in total. The van der Waals surface area contributed by atoms with Gasteiger partial charge >= 0.3 is 0 Å². The molecule has 2 heterocycles. The van der Waals surface area contributed by atoms with Crippen LogP contribution in [0.5, 0.6) is 0 Å². The summed E-state index contributed by atoms with van der Waals surface area (Å²) in [5.74, 6) is -0.0993. The highest BCUT2D eigenvalue weighted by Crippen LogP contribution is 2.07. The highest BCUT2D eigenvalue weighted by atomic mass is 16.2. The number of nitrogens with one attached hydrogen (secondary N) is 2. The van der Waals surface area contributed by atoms with Gasteiger partial charge in [0.1, 0.15) is 12.4 Å². The van der Waals surface area contributed by atoms with Gasteiger partial charge in [0, 0.05) is 7.05 Å². The Morgan fingerprint density at radius 1 is 0.966 bits per heavy atom. The number of nitrogens with zero attached hydrogens (tertiary/aromatic N) is 3. The quantitative estimate of drug-likeness (QED) is 0.527. The van der Waals surface area contributed by atoms with Crippen molar-refractivity contribution >= 4 is 27.6 Å². The van der Waals surface area contributed by atoms with Crippen molar-refractivity contribution in [3.05, 3.63) is 85.4 Å². The number of H-pyrrole nitrogens is 2. The molecule has 0 unspecified atom stereocenters. The van der Waals surface area contributed by atoms with Crippen molar-refractivity contribution in [3.8, 4) is 0 Å². The van der Waals surface area contributed by atoms with Crippen molar-refractivity contribution in [2.75, 3.05) is 7.05 Å². The van der Waals surface area contributed by atoms with Crippen LogP contribution in [-0.2, 0) is 17.9 Å². The molecule has 29 heavy (non-hydrogen) atoms. The maximum Gasteiger partial charge on any atom is 0.273 e. The Labute approximate surface area is 163 Å². The number of aromatic amines is 2. The normalized spacial score (nSPS) is 11.1. The molecule has 0 atom stereocenters. The first-order valence-corrected chi connectivity index (χ1v) is 8.88. The zero-order chi connectivity index (χ0) is 20.5. The van der Waals surface area contributed by atoms with Crippen molar-refractivity contribution < 1.29 is 4.79 Å². The lowest BCUT2D eigenvalue weighted by atomic mass is 10.2. The van der Waals surface area contributed by atoms with Crippen molar-refractivity contribution in [1.82, 2.24) is 24.6 Å². The molecular formula is C20H17N5O4. The summed E-state index contributed by atoms with van der Waals surface area (Å²) in [5.41, 5.74) is -0.668. The Bertz CT molecular complexity index is 1420. The third kappa shape index (κ3) is 3.45. The number of para-hydroxylation sites is 1. The number of amides is 1. The molecular weight excluding hydrogens is 374 g/mol. The molecule has 0 fully saturated rings. The topological polar surface area (TPSA) is 121 Å². The van der Waals surface area contributed by atoms with Crippen molar-refractivity contribution in [2.24, 2.45) is 0 Å². The standard InChI is InChI=1S/C20H17N5O4/c1-24(10-16-21-15-9-5-4-8-14(15)18(27)22-16)17(26)11-25-20(29)13-7-3-2-6-12(13)19(28)23-25/h2-9H,10-11H2,1H3,(H,23,28)(H,21,22,27). The van der Waals surface area contributed by atoms with Crippen LogP contribution in [0.4, 0.5) is 0 Å². The molecule has 0 spiro atoms. The first-order chi connectivity index (χ1) is 13.9. The number of carbonyl (C=O) groups excluding carboxylic acids is 1. The van der Waals surface area contributed by atoms with E-state index in [1.54, 1.807) is 48.5 Å². The Morgan fingerprint density at radius 3 is 2.38 bits per heavy atom. The number of hydrogen-bond acceptors (Lipinski definition) is 5. The number of rotatable bonds is 4. The summed E-state index contributed by atoms with van der Waals surface area (Å²) in [7, 11) is 1.53. The van der Waals surface area contributed by atoms with Gasteiger partial charge in [0.05, 0.1) is 28.2 Å². The molecule has 1 amide bonds. The molecule has 0 aliphatic rings. The van der Waals surface area contributed by atoms with E-state index < -0.39 is 17.0 Å². The smallest absolute Gasteiger partial charge is 0.273 e. The SMILES string of the molecule is CN(Cc1nc2ccccc2c(=O)[nH]1)C(=O)Cn1[nH]c(=O)c2ccccc2c1=O. The zero-order valence-corrected chi connectivity index (χ0v) is 15.5. The van der Waals surface area contributed by atoms with E-state index in [1.807, 2.05) is 0 Å². The van der Waals surface area contributed by atoms with Crippen LogP contribution in [0, 0.1) is 0 Å². The van der Waals surface area contributed by atoms with Crippen LogP contribution in [0.2, 0.25) is 0 Å². The van der Waals surface area contributed by atoms with Crippen LogP contribution < -0.4 is 16.7 Å². The minimum Gasteiger partial charge on any atom is -0.337 e. The Morgan fingerprint density at radius 2 is 1.62 bits per heavy atom. The van der Waals surface area contributed by atoms with Gasteiger partial charge in [-0.15, -0.1) is 0 Å². The van der Waals surface area contributed by atoms with Gasteiger partial charge in [0.2, 0.25) is 5.91 Å². The van der Waals surface area contributed by atoms with Crippen LogP contribution in [0.25, 0.3) is 21.7 Å². The molecule has 9 heteroatoms. The van der Waals surface area contributed by atoms with Crippen LogP contribution >= 0.6 is 0 Å². The van der Waals surface area contributed by atoms with Gasteiger partial charge in [-0.2, -0.15) is 0 Å². The zero-order valence-electron chi connectivity index (χ0n) is 15.5. The molecule has 0 aliphatic heterocycles. The van der Waals surface area contributed by atoms with Crippen LogP contribution in [0.15, 0.2) is 62.9 Å². The van der Waals surface area contributed by atoms with Crippen LogP contribution in [0.3, 0.4) is 0 Å². The second-order valence-electron chi connectivity index (χ2n) is 6.66.